The lowest BCUT2D eigenvalue weighted by atomic mass is 10.0. The average molecular weight is 563 g/mol. The molecule has 3 amide bonds. The molecule has 1 aliphatic rings. The highest BCUT2D eigenvalue weighted by molar-refractivity contribution is 7.17. The summed E-state index contributed by atoms with van der Waals surface area (Å²) >= 11 is 0.581. The third-order valence-electron chi connectivity index (χ3n) is 5.98. The molecule has 0 aliphatic heterocycles. The molecule has 1 fully saturated rings. The van der Waals surface area contributed by atoms with Gasteiger partial charge < -0.3 is 15.4 Å². The fraction of sp³-hybridized carbons (Fsp3) is 0.360. The van der Waals surface area contributed by atoms with Crippen molar-refractivity contribution in [3.05, 3.63) is 46.9 Å². The normalized spacial score (nSPS) is 13.7. The maximum absolute atomic E-state index is 14.0. The van der Waals surface area contributed by atoms with Gasteiger partial charge in [-0.3, -0.25) is 15.1 Å². The number of urea groups is 1. The zero-order valence-electron chi connectivity index (χ0n) is 21.0. The van der Waals surface area contributed by atoms with Crippen LogP contribution in [0.25, 0.3) is 21.7 Å². The van der Waals surface area contributed by atoms with Gasteiger partial charge in [0, 0.05) is 47.9 Å². The van der Waals surface area contributed by atoms with Crippen molar-refractivity contribution in [3.63, 3.8) is 0 Å². The topological polar surface area (TPSA) is 135 Å². The largest absolute Gasteiger partial charge is 0.465 e. The molecule has 0 saturated heterocycles. The first kappa shape index (κ1) is 28.0. The second kappa shape index (κ2) is 11.8. The summed E-state index contributed by atoms with van der Waals surface area (Å²) in [5, 5.41) is 7.62. The number of aromatic nitrogens is 3. The monoisotopic (exact) mass is 562 g/mol. The summed E-state index contributed by atoms with van der Waals surface area (Å²) in [6.45, 7) is 2.05. The number of pyridine rings is 2. The molecule has 3 aromatic rings. The molecule has 4 rings (SSSR count). The Labute approximate surface area is 225 Å². The molecular formula is C25H25F3N6O4S. The minimum absolute atomic E-state index is 0.0393. The van der Waals surface area contributed by atoms with Gasteiger partial charge in [-0.25, -0.2) is 19.6 Å². The summed E-state index contributed by atoms with van der Waals surface area (Å²) in [7, 11) is 1.20. The molecule has 39 heavy (non-hydrogen) atoms. The predicted octanol–water partition coefficient (Wildman–Crippen LogP) is 4.89. The number of nitrogens with one attached hydrogen (secondary N) is 3. The van der Waals surface area contributed by atoms with Gasteiger partial charge in [-0.15, -0.1) is 11.3 Å². The second-order valence-electron chi connectivity index (χ2n) is 8.70. The van der Waals surface area contributed by atoms with Crippen LogP contribution in [-0.2, 0) is 10.9 Å². The minimum Gasteiger partial charge on any atom is -0.465 e. The quantitative estimate of drug-likeness (QED) is 0.349. The van der Waals surface area contributed by atoms with E-state index in [9.17, 15) is 27.6 Å². The fourth-order valence-corrected chi connectivity index (χ4v) is 5.19. The maximum atomic E-state index is 14.0. The van der Waals surface area contributed by atoms with Crippen LogP contribution in [0.1, 0.15) is 58.3 Å². The Balaban J connectivity index is 1.84. The van der Waals surface area contributed by atoms with E-state index >= 15 is 0 Å². The minimum atomic E-state index is -4.89. The Kier molecular flexibility index (Phi) is 8.43. The number of carbonyl (C=O) groups excluding carboxylic acids is 3. The molecule has 3 heterocycles. The Bertz CT molecular complexity index is 1390. The molecule has 0 spiro atoms. The van der Waals surface area contributed by atoms with Crippen molar-refractivity contribution in [2.45, 2.75) is 44.8 Å². The third kappa shape index (κ3) is 6.50. The number of halogens is 3. The van der Waals surface area contributed by atoms with Crippen molar-refractivity contribution in [2.24, 2.45) is 0 Å². The van der Waals surface area contributed by atoms with Gasteiger partial charge in [0.25, 0.3) is 5.91 Å². The Morgan fingerprint density at radius 1 is 1.10 bits per heavy atom. The van der Waals surface area contributed by atoms with Crippen molar-refractivity contribution in [3.8, 4) is 21.7 Å². The van der Waals surface area contributed by atoms with E-state index in [0.717, 1.165) is 12.8 Å². The summed E-state index contributed by atoms with van der Waals surface area (Å²) in [5.74, 6) is -1.46. The van der Waals surface area contributed by atoms with E-state index in [1.54, 1.807) is 6.92 Å². The number of ether oxygens (including phenoxy) is 1. The lowest BCUT2D eigenvalue weighted by molar-refractivity contribution is -0.141. The van der Waals surface area contributed by atoms with Crippen LogP contribution >= 0.6 is 11.3 Å². The number of esters is 1. The van der Waals surface area contributed by atoms with Crippen LogP contribution in [0.2, 0.25) is 0 Å². The van der Waals surface area contributed by atoms with Gasteiger partial charge in [0.15, 0.2) is 5.69 Å². The van der Waals surface area contributed by atoms with E-state index in [1.165, 1.54) is 37.8 Å². The van der Waals surface area contributed by atoms with Crippen LogP contribution in [0, 0.1) is 0 Å². The van der Waals surface area contributed by atoms with Gasteiger partial charge in [0.2, 0.25) is 0 Å². The highest BCUT2D eigenvalue weighted by atomic mass is 32.1. The zero-order valence-corrected chi connectivity index (χ0v) is 21.8. The second-order valence-corrected chi connectivity index (χ2v) is 9.70. The molecule has 0 unspecified atom stereocenters. The van der Waals surface area contributed by atoms with Crippen LogP contribution in [0.3, 0.4) is 0 Å². The SMILES string of the molecule is CCNC(=O)Nc1cc(-c2nc(C(F)(F)F)c(C(=O)NC3CCCC3)s2)c(-c2cncc(C(=O)OC)c2)cn1. The molecule has 3 N–H and O–H groups in total. The number of amides is 3. The molecule has 1 aliphatic carbocycles. The third-order valence-corrected chi connectivity index (χ3v) is 7.06. The number of alkyl halides is 3. The van der Waals surface area contributed by atoms with Crippen molar-refractivity contribution in [2.75, 3.05) is 19.0 Å². The number of methoxy groups -OCH3 is 1. The lowest BCUT2D eigenvalue weighted by Crippen LogP contribution is -2.33. The number of carbonyl (C=O) groups is 3. The van der Waals surface area contributed by atoms with E-state index in [-0.39, 0.29) is 33.6 Å². The van der Waals surface area contributed by atoms with E-state index in [0.29, 0.717) is 36.3 Å². The first-order valence-electron chi connectivity index (χ1n) is 12.1. The molecule has 1 saturated carbocycles. The van der Waals surface area contributed by atoms with Crippen LogP contribution in [0.5, 0.6) is 0 Å². The highest BCUT2D eigenvalue weighted by Gasteiger charge is 2.40. The van der Waals surface area contributed by atoms with Gasteiger partial charge in [-0.2, -0.15) is 13.2 Å². The van der Waals surface area contributed by atoms with E-state index in [1.807, 2.05) is 0 Å². The molecule has 206 valence electrons. The van der Waals surface area contributed by atoms with Crippen molar-refractivity contribution < 1.29 is 32.3 Å². The predicted molar refractivity (Wildman–Crippen MR) is 137 cm³/mol. The number of hydrogen-bond donors (Lipinski definition) is 3. The van der Waals surface area contributed by atoms with Crippen LogP contribution in [-0.4, -0.2) is 52.6 Å². The number of thiazole rings is 1. The molecule has 0 radical (unpaired) electrons. The van der Waals surface area contributed by atoms with Gasteiger partial charge in [0.1, 0.15) is 15.7 Å². The van der Waals surface area contributed by atoms with E-state index in [4.69, 9.17) is 4.74 Å². The number of hydrogen-bond acceptors (Lipinski definition) is 8. The van der Waals surface area contributed by atoms with Gasteiger partial charge in [-0.05, 0) is 31.9 Å². The van der Waals surface area contributed by atoms with Crippen molar-refractivity contribution in [1.29, 1.82) is 0 Å². The van der Waals surface area contributed by atoms with Crippen molar-refractivity contribution >= 4 is 35.1 Å². The Hall–Kier alpha value is -4.07. The molecule has 10 nitrogen and oxygen atoms in total. The standard InChI is InChI=1S/C25H25F3N6O4S/c1-3-30-24(37)33-18-9-16(17(12-31-18)13-8-14(11-29-10-13)23(36)38-2)22-34-20(25(26,27)28)19(39-22)21(35)32-15-6-4-5-7-15/h8-12,15H,3-7H2,1-2H3,(H,32,35)(H2,30,31,33,37). The number of nitrogens with zero attached hydrogens (tertiary/aromatic N) is 3. The lowest BCUT2D eigenvalue weighted by Gasteiger charge is -2.12. The van der Waals surface area contributed by atoms with Gasteiger partial charge in [-0.1, -0.05) is 12.8 Å². The molecule has 3 aromatic heterocycles. The zero-order chi connectivity index (χ0) is 28.2. The van der Waals surface area contributed by atoms with Crippen LogP contribution in [0.4, 0.5) is 23.8 Å². The molecule has 14 heteroatoms. The van der Waals surface area contributed by atoms with Crippen LogP contribution < -0.4 is 16.0 Å². The summed E-state index contributed by atoms with van der Waals surface area (Å²) in [6, 6.07) is 2.04. The first-order chi connectivity index (χ1) is 18.6. The van der Waals surface area contributed by atoms with Gasteiger partial charge in [0.05, 0.1) is 12.7 Å². The molecule has 0 aromatic carbocycles. The van der Waals surface area contributed by atoms with E-state index in [2.05, 4.69) is 30.9 Å². The first-order valence-corrected chi connectivity index (χ1v) is 12.9. The smallest absolute Gasteiger partial charge is 0.435 e. The molecule has 0 bridgehead atoms. The number of anilines is 1. The van der Waals surface area contributed by atoms with E-state index < -0.39 is 34.7 Å². The summed E-state index contributed by atoms with van der Waals surface area (Å²) in [6.07, 6.45) is 2.30. The highest BCUT2D eigenvalue weighted by Crippen LogP contribution is 2.41. The van der Waals surface area contributed by atoms with Crippen LogP contribution in [0.15, 0.2) is 30.7 Å². The van der Waals surface area contributed by atoms with Crippen molar-refractivity contribution in [1.82, 2.24) is 25.6 Å². The fourth-order valence-electron chi connectivity index (χ4n) is 4.17. The number of rotatable bonds is 7. The molecular weight excluding hydrogens is 537 g/mol. The Morgan fingerprint density at radius 3 is 2.51 bits per heavy atom. The Morgan fingerprint density at radius 2 is 1.85 bits per heavy atom. The maximum Gasteiger partial charge on any atom is 0.435 e. The summed E-state index contributed by atoms with van der Waals surface area (Å²) < 4.78 is 46.8. The summed E-state index contributed by atoms with van der Waals surface area (Å²) in [4.78, 5) is 48.6. The molecule has 0 atom stereocenters. The van der Waals surface area contributed by atoms with Gasteiger partial charge >= 0.3 is 18.2 Å². The summed E-state index contributed by atoms with van der Waals surface area (Å²) in [5.41, 5.74) is -0.431. The average Bonchev–Trinajstić information content (AvgIpc) is 3.59.